The van der Waals surface area contributed by atoms with Gasteiger partial charge < -0.3 is 31.2 Å². The van der Waals surface area contributed by atoms with Crippen molar-refractivity contribution in [1.82, 2.24) is 0 Å². The number of ether oxygens (including phenoxy) is 2. The van der Waals surface area contributed by atoms with E-state index in [0.717, 1.165) is 0 Å². The number of methoxy groups -OCH3 is 1. The molecule has 0 aromatic heterocycles. The number of carboxylic acid groups (broad SMARTS) is 1. The van der Waals surface area contributed by atoms with Gasteiger partial charge in [0.1, 0.15) is 17.8 Å². The molecule has 144 valence electrons. The molecule has 2 rings (SSSR count). The molecule has 0 bridgehead atoms. The largest absolute Gasteiger partial charge is 0.504 e. The molecule has 0 unspecified atom stereocenters. The van der Waals surface area contributed by atoms with Gasteiger partial charge >= 0.3 is 11.9 Å². The number of phenolic OH excluding ortho intramolecular Hbond substituents is 1. The Morgan fingerprint density at radius 2 is 1.59 bits per heavy atom. The van der Waals surface area contributed by atoms with Crippen molar-refractivity contribution in [3.63, 3.8) is 0 Å². The maximum absolute atomic E-state index is 12.1. The molecule has 0 fully saturated rings. The summed E-state index contributed by atoms with van der Waals surface area (Å²) < 4.78 is 10.2. The van der Waals surface area contributed by atoms with Crippen molar-refractivity contribution in [3.8, 4) is 17.2 Å². The quantitative estimate of drug-likeness (QED) is 0.393. The highest BCUT2D eigenvalue weighted by Crippen LogP contribution is 2.26. The fraction of sp³-hybridized carbons (Fsp3) is 0.263. The first-order valence-electron chi connectivity index (χ1n) is 8.20. The Hall–Kier alpha value is -3.10. The summed E-state index contributed by atoms with van der Waals surface area (Å²) in [7, 11) is 1.44. The van der Waals surface area contributed by atoms with E-state index in [1.807, 2.05) is 0 Å². The molecule has 0 aliphatic heterocycles. The lowest BCUT2D eigenvalue weighted by molar-refractivity contribution is -0.138. The summed E-state index contributed by atoms with van der Waals surface area (Å²) >= 11 is 0. The summed E-state index contributed by atoms with van der Waals surface area (Å²) in [5.74, 6) is -1.12. The fourth-order valence-electron chi connectivity index (χ4n) is 2.43. The number of carbonyl (C=O) groups excluding carboxylic acids is 1. The molecule has 0 aliphatic rings. The third kappa shape index (κ3) is 5.70. The molecule has 8 nitrogen and oxygen atoms in total. The topological polar surface area (TPSA) is 145 Å². The standard InChI is InChI=1S/C19H22N2O6/c1-26-17-7-4-12(10-16(17)22)9-15(21)19(25)27-13-5-2-11(3-6-13)8-14(20)18(23)24/h2-7,10,14-15,22H,8-9,20-21H2,1H3,(H,23,24)/t14-,15-/m0/s1. The second-order valence-electron chi connectivity index (χ2n) is 6.03. The fourth-order valence-corrected chi connectivity index (χ4v) is 2.43. The van der Waals surface area contributed by atoms with Gasteiger partial charge in [-0.25, -0.2) is 4.79 Å². The van der Waals surface area contributed by atoms with Gasteiger partial charge in [-0.05, 0) is 48.2 Å². The third-order valence-electron chi connectivity index (χ3n) is 3.92. The van der Waals surface area contributed by atoms with Crippen molar-refractivity contribution in [2.45, 2.75) is 24.9 Å². The molecule has 2 aromatic carbocycles. The van der Waals surface area contributed by atoms with Crippen molar-refractivity contribution in [2.75, 3.05) is 7.11 Å². The summed E-state index contributed by atoms with van der Waals surface area (Å²) in [5.41, 5.74) is 12.7. The molecule has 27 heavy (non-hydrogen) atoms. The molecule has 0 aliphatic carbocycles. The number of esters is 1. The van der Waals surface area contributed by atoms with Crippen LogP contribution in [0.2, 0.25) is 0 Å². The predicted octanol–water partition coefficient (Wildman–Crippen LogP) is 0.831. The van der Waals surface area contributed by atoms with Crippen LogP contribution in [0.4, 0.5) is 0 Å². The van der Waals surface area contributed by atoms with Crippen LogP contribution in [0.5, 0.6) is 17.2 Å². The van der Waals surface area contributed by atoms with Crippen molar-refractivity contribution >= 4 is 11.9 Å². The Balaban J connectivity index is 1.93. The monoisotopic (exact) mass is 374 g/mol. The van der Waals surface area contributed by atoms with Crippen LogP contribution in [-0.4, -0.2) is 41.3 Å². The average molecular weight is 374 g/mol. The molecule has 0 saturated carbocycles. The van der Waals surface area contributed by atoms with Gasteiger partial charge in [0.25, 0.3) is 0 Å². The van der Waals surface area contributed by atoms with E-state index in [9.17, 15) is 14.7 Å². The smallest absolute Gasteiger partial charge is 0.328 e. The normalized spacial score (nSPS) is 12.9. The van der Waals surface area contributed by atoms with E-state index < -0.39 is 24.0 Å². The maximum Gasteiger partial charge on any atom is 0.328 e. The molecule has 0 amide bonds. The lowest BCUT2D eigenvalue weighted by Gasteiger charge is -2.13. The summed E-state index contributed by atoms with van der Waals surface area (Å²) in [4.78, 5) is 22.9. The van der Waals surface area contributed by atoms with Crippen LogP contribution in [0.1, 0.15) is 11.1 Å². The Labute approximate surface area is 156 Å². The number of benzene rings is 2. The highest BCUT2D eigenvalue weighted by Gasteiger charge is 2.18. The number of carbonyl (C=O) groups is 2. The van der Waals surface area contributed by atoms with Gasteiger partial charge in [-0.2, -0.15) is 0 Å². The predicted molar refractivity (Wildman–Crippen MR) is 97.7 cm³/mol. The molecular formula is C19H22N2O6. The number of aromatic hydroxyl groups is 1. The molecule has 6 N–H and O–H groups in total. The van der Waals surface area contributed by atoms with E-state index in [1.54, 1.807) is 36.4 Å². The second-order valence-corrected chi connectivity index (χ2v) is 6.03. The Morgan fingerprint density at radius 3 is 2.15 bits per heavy atom. The molecule has 8 heteroatoms. The molecule has 0 saturated heterocycles. The molecule has 2 aromatic rings. The highest BCUT2D eigenvalue weighted by molar-refractivity contribution is 5.78. The zero-order chi connectivity index (χ0) is 20.0. The van der Waals surface area contributed by atoms with Gasteiger partial charge in [0.2, 0.25) is 0 Å². The van der Waals surface area contributed by atoms with Crippen LogP contribution in [0.3, 0.4) is 0 Å². The number of aliphatic carboxylic acids is 1. The van der Waals surface area contributed by atoms with Gasteiger partial charge in [-0.1, -0.05) is 18.2 Å². The van der Waals surface area contributed by atoms with Gasteiger partial charge in [-0.3, -0.25) is 4.79 Å². The van der Waals surface area contributed by atoms with E-state index in [0.29, 0.717) is 22.6 Å². The molecule has 0 heterocycles. The van der Waals surface area contributed by atoms with Crippen LogP contribution in [0.15, 0.2) is 42.5 Å². The minimum atomic E-state index is -1.08. The van der Waals surface area contributed by atoms with E-state index in [4.69, 9.17) is 26.0 Å². The Morgan fingerprint density at radius 1 is 1.00 bits per heavy atom. The van der Waals surface area contributed by atoms with Gasteiger partial charge in [0, 0.05) is 0 Å². The van der Waals surface area contributed by atoms with Crippen LogP contribution < -0.4 is 20.9 Å². The number of nitrogens with two attached hydrogens (primary N) is 2. The van der Waals surface area contributed by atoms with E-state index >= 15 is 0 Å². The first-order chi connectivity index (χ1) is 12.8. The Bertz CT molecular complexity index is 806. The van der Waals surface area contributed by atoms with Gasteiger partial charge in [-0.15, -0.1) is 0 Å². The SMILES string of the molecule is COc1ccc(C[C@H](N)C(=O)Oc2ccc(C[C@H](N)C(=O)O)cc2)cc1O. The molecule has 0 spiro atoms. The van der Waals surface area contributed by atoms with Gasteiger partial charge in [0.15, 0.2) is 11.5 Å². The Kier molecular flexibility index (Phi) is 6.75. The van der Waals surface area contributed by atoms with Gasteiger partial charge in [0.05, 0.1) is 7.11 Å². The number of hydrogen-bond donors (Lipinski definition) is 4. The summed E-state index contributed by atoms with van der Waals surface area (Å²) in [6.45, 7) is 0. The summed E-state index contributed by atoms with van der Waals surface area (Å²) in [6, 6.07) is 9.23. The van der Waals surface area contributed by atoms with Crippen molar-refractivity contribution in [3.05, 3.63) is 53.6 Å². The number of rotatable bonds is 8. The third-order valence-corrected chi connectivity index (χ3v) is 3.92. The zero-order valence-corrected chi connectivity index (χ0v) is 14.8. The van der Waals surface area contributed by atoms with Crippen molar-refractivity contribution in [2.24, 2.45) is 11.5 Å². The van der Waals surface area contributed by atoms with E-state index in [2.05, 4.69) is 0 Å². The lowest BCUT2D eigenvalue weighted by Crippen LogP contribution is -2.36. The summed E-state index contributed by atoms with van der Waals surface area (Å²) in [6.07, 6.45) is 0.353. The number of phenols is 1. The maximum atomic E-state index is 12.1. The van der Waals surface area contributed by atoms with E-state index in [1.165, 1.54) is 13.2 Å². The van der Waals surface area contributed by atoms with Crippen molar-refractivity contribution < 1.29 is 29.3 Å². The highest BCUT2D eigenvalue weighted by atomic mass is 16.5. The molecular weight excluding hydrogens is 352 g/mol. The molecule has 2 atom stereocenters. The minimum absolute atomic E-state index is 0.0364. The first kappa shape index (κ1) is 20.2. The van der Waals surface area contributed by atoms with E-state index in [-0.39, 0.29) is 18.6 Å². The minimum Gasteiger partial charge on any atom is -0.504 e. The number of hydrogen-bond acceptors (Lipinski definition) is 7. The number of carboxylic acids is 1. The second kappa shape index (κ2) is 9.02. The van der Waals surface area contributed by atoms with Crippen LogP contribution in [0, 0.1) is 0 Å². The molecule has 0 radical (unpaired) electrons. The van der Waals surface area contributed by atoms with Crippen LogP contribution >= 0.6 is 0 Å². The van der Waals surface area contributed by atoms with Crippen LogP contribution in [-0.2, 0) is 22.4 Å². The van der Waals surface area contributed by atoms with Crippen molar-refractivity contribution in [1.29, 1.82) is 0 Å². The average Bonchev–Trinajstić information content (AvgIpc) is 2.63. The summed E-state index contributed by atoms with van der Waals surface area (Å²) in [5, 5.41) is 18.6. The lowest BCUT2D eigenvalue weighted by atomic mass is 10.1. The van der Waals surface area contributed by atoms with Crippen LogP contribution in [0.25, 0.3) is 0 Å². The first-order valence-corrected chi connectivity index (χ1v) is 8.20. The zero-order valence-electron chi connectivity index (χ0n) is 14.8.